The third kappa shape index (κ3) is 4.03. The molecule has 0 atom stereocenters. The number of furan rings is 1. The zero-order valence-electron chi connectivity index (χ0n) is 16.9. The molecule has 0 bridgehead atoms. The number of amides is 1. The third-order valence-electron chi connectivity index (χ3n) is 5.09. The highest BCUT2D eigenvalue weighted by atomic mass is 16.3. The maximum absolute atomic E-state index is 13.3. The van der Waals surface area contributed by atoms with Gasteiger partial charge >= 0.3 is 0 Å². The zero-order valence-corrected chi connectivity index (χ0v) is 16.9. The van der Waals surface area contributed by atoms with Gasteiger partial charge in [0.2, 0.25) is 0 Å². The number of carbonyl (C=O) groups is 2. The number of benzene rings is 3. The Kier molecular flexibility index (Phi) is 5.75. The first kappa shape index (κ1) is 19.6. The van der Waals surface area contributed by atoms with E-state index in [4.69, 9.17) is 4.42 Å². The Morgan fingerprint density at radius 3 is 2.23 bits per heavy atom. The van der Waals surface area contributed by atoms with Crippen molar-refractivity contribution in [1.82, 2.24) is 0 Å². The number of hydrogen-bond donors (Lipinski definition) is 1. The average Bonchev–Trinajstić information content (AvgIpc) is 3.16. The zero-order chi connectivity index (χ0) is 20.9. The van der Waals surface area contributed by atoms with Crippen LogP contribution in [0.25, 0.3) is 11.0 Å². The van der Waals surface area contributed by atoms with E-state index in [1.807, 2.05) is 54.6 Å². The Morgan fingerprint density at radius 2 is 1.50 bits per heavy atom. The van der Waals surface area contributed by atoms with Crippen LogP contribution >= 0.6 is 0 Å². The number of para-hydroxylation sites is 2. The van der Waals surface area contributed by atoms with Gasteiger partial charge in [0.05, 0.1) is 5.56 Å². The molecule has 0 aliphatic carbocycles. The van der Waals surface area contributed by atoms with Crippen LogP contribution in [-0.2, 0) is 6.42 Å². The molecule has 150 valence electrons. The van der Waals surface area contributed by atoms with Crippen molar-refractivity contribution in [1.29, 1.82) is 0 Å². The van der Waals surface area contributed by atoms with E-state index in [0.717, 1.165) is 41.7 Å². The molecule has 0 unspecified atom stereocenters. The fourth-order valence-corrected chi connectivity index (χ4v) is 3.50. The van der Waals surface area contributed by atoms with Crippen LogP contribution in [0.15, 0.2) is 83.3 Å². The maximum Gasteiger partial charge on any atom is 0.255 e. The first-order chi connectivity index (χ1) is 14.7. The molecule has 4 rings (SSSR count). The quantitative estimate of drug-likeness (QED) is 0.375. The summed E-state index contributed by atoms with van der Waals surface area (Å²) in [7, 11) is 0. The molecule has 0 fully saturated rings. The number of anilines is 1. The normalized spacial score (nSPS) is 10.8. The van der Waals surface area contributed by atoms with Crippen molar-refractivity contribution in [3.05, 3.63) is 101 Å². The van der Waals surface area contributed by atoms with Crippen LogP contribution in [0.4, 0.5) is 5.69 Å². The summed E-state index contributed by atoms with van der Waals surface area (Å²) in [5.74, 6) is 0.438. The summed E-state index contributed by atoms with van der Waals surface area (Å²) >= 11 is 0. The predicted octanol–water partition coefficient (Wildman–Crippen LogP) is 6.26. The van der Waals surface area contributed by atoms with Crippen molar-refractivity contribution in [2.24, 2.45) is 0 Å². The Bertz CT molecular complexity index is 1170. The minimum Gasteiger partial charge on any atom is -0.460 e. The summed E-state index contributed by atoms with van der Waals surface area (Å²) in [4.78, 5) is 25.8. The van der Waals surface area contributed by atoms with Crippen molar-refractivity contribution in [3.8, 4) is 0 Å². The van der Waals surface area contributed by atoms with E-state index in [1.54, 1.807) is 24.3 Å². The molecule has 4 heteroatoms. The standard InChI is InChI=1S/C26H23NO3/c1-2-3-12-23-24(21-11-7-8-13-22(21)30-23)25(28)18-14-16-19(17-15-18)26(29)27-20-9-5-4-6-10-20/h4-11,13-17H,2-3,12H2,1H3,(H,27,29). The lowest BCUT2D eigenvalue weighted by Gasteiger charge is -2.07. The lowest BCUT2D eigenvalue weighted by molar-refractivity contribution is 0.101. The van der Waals surface area contributed by atoms with Crippen LogP contribution < -0.4 is 5.32 Å². The van der Waals surface area contributed by atoms with Crippen LogP contribution in [-0.4, -0.2) is 11.7 Å². The van der Waals surface area contributed by atoms with Crippen molar-refractivity contribution in [3.63, 3.8) is 0 Å². The fourth-order valence-electron chi connectivity index (χ4n) is 3.50. The molecule has 0 saturated carbocycles. The van der Waals surface area contributed by atoms with Crippen molar-refractivity contribution in [2.45, 2.75) is 26.2 Å². The molecule has 1 N–H and O–H groups in total. The van der Waals surface area contributed by atoms with E-state index < -0.39 is 0 Å². The molecular formula is C26H23NO3. The van der Waals surface area contributed by atoms with E-state index >= 15 is 0 Å². The maximum atomic E-state index is 13.3. The number of unbranched alkanes of at least 4 members (excludes halogenated alkanes) is 1. The second-order valence-electron chi connectivity index (χ2n) is 7.23. The van der Waals surface area contributed by atoms with Crippen molar-refractivity contribution >= 4 is 28.3 Å². The minimum atomic E-state index is -0.211. The van der Waals surface area contributed by atoms with Gasteiger partial charge in [-0.3, -0.25) is 9.59 Å². The van der Waals surface area contributed by atoms with E-state index in [0.29, 0.717) is 16.7 Å². The van der Waals surface area contributed by atoms with E-state index in [-0.39, 0.29) is 11.7 Å². The molecule has 3 aromatic carbocycles. The molecule has 1 amide bonds. The molecule has 0 saturated heterocycles. The molecule has 0 spiro atoms. The second-order valence-corrected chi connectivity index (χ2v) is 7.23. The Morgan fingerprint density at radius 1 is 0.833 bits per heavy atom. The number of carbonyl (C=O) groups excluding carboxylic acids is 2. The van der Waals surface area contributed by atoms with Gasteiger partial charge in [-0.15, -0.1) is 0 Å². The Hall–Kier alpha value is -3.66. The van der Waals surface area contributed by atoms with Crippen LogP contribution in [0.3, 0.4) is 0 Å². The van der Waals surface area contributed by atoms with Gasteiger partial charge in [0, 0.05) is 28.6 Å². The van der Waals surface area contributed by atoms with Crippen LogP contribution in [0.5, 0.6) is 0 Å². The largest absolute Gasteiger partial charge is 0.460 e. The average molecular weight is 397 g/mol. The first-order valence-electron chi connectivity index (χ1n) is 10.2. The highest BCUT2D eigenvalue weighted by Crippen LogP contribution is 2.29. The van der Waals surface area contributed by atoms with Gasteiger partial charge in [-0.05, 0) is 36.8 Å². The van der Waals surface area contributed by atoms with E-state index in [9.17, 15) is 9.59 Å². The topological polar surface area (TPSA) is 59.3 Å². The van der Waals surface area contributed by atoms with Gasteiger partial charge in [-0.25, -0.2) is 0 Å². The van der Waals surface area contributed by atoms with Gasteiger partial charge in [0.15, 0.2) is 5.78 Å². The van der Waals surface area contributed by atoms with Gasteiger partial charge in [-0.2, -0.15) is 0 Å². The fraction of sp³-hybridized carbons (Fsp3) is 0.154. The molecular weight excluding hydrogens is 374 g/mol. The van der Waals surface area contributed by atoms with Gasteiger partial charge in [-0.1, -0.05) is 61.9 Å². The van der Waals surface area contributed by atoms with Crippen LogP contribution in [0, 0.1) is 0 Å². The summed E-state index contributed by atoms with van der Waals surface area (Å²) < 4.78 is 5.99. The Labute approximate surface area is 175 Å². The summed E-state index contributed by atoms with van der Waals surface area (Å²) in [5.41, 5.74) is 3.12. The number of fused-ring (bicyclic) bond motifs is 1. The smallest absolute Gasteiger partial charge is 0.255 e. The van der Waals surface area contributed by atoms with Crippen LogP contribution in [0.1, 0.15) is 51.8 Å². The third-order valence-corrected chi connectivity index (χ3v) is 5.09. The molecule has 0 aliphatic heterocycles. The predicted molar refractivity (Wildman–Crippen MR) is 119 cm³/mol. The first-order valence-corrected chi connectivity index (χ1v) is 10.2. The lowest BCUT2D eigenvalue weighted by atomic mass is 9.97. The monoisotopic (exact) mass is 397 g/mol. The minimum absolute atomic E-state index is 0.0823. The van der Waals surface area contributed by atoms with Crippen molar-refractivity contribution < 1.29 is 14.0 Å². The molecule has 4 aromatic rings. The number of nitrogens with one attached hydrogen (secondary N) is 1. The molecule has 1 aromatic heterocycles. The number of rotatable bonds is 7. The van der Waals surface area contributed by atoms with Gasteiger partial charge in [0.25, 0.3) is 5.91 Å². The molecule has 0 aliphatic rings. The molecule has 4 nitrogen and oxygen atoms in total. The molecule has 30 heavy (non-hydrogen) atoms. The summed E-state index contributed by atoms with van der Waals surface area (Å²) in [6.07, 6.45) is 2.71. The van der Waals surface area contributed by atoms with Gasteiger partial charge < -0.3 is 9.73 Å². The Balaban J connectivity index is 1.60. The lowest BCUT2D eigenvalue weighted by Crippen LogP contribution is -2.12. The molecule has 1 heterocycles. The van der Waals surface area contributed by atoms with Gasteiger partial charge in [0.1, 0.15) is 11.3 Å². The highest BCUT2D eigenvalue weighted by molar-refractivity contribution is 6.17. The number of hydrogen-bond acceptors (Lipinski definition) is 3. The summed E-state index contributed by atoms with van der Waals surface area (Å²) in [5, 5.41) is 3.68. The summed E-state index contributed by atoms with van der Waals surface area (Å²) in [6.45, 7) is 2.11. The highest BCUT2D eigenvalue weighted by Gasteiger charge is 2.21. The number of ketones is 1. The number of aryl methyl sites for hydroxylation is 1. The SMILES string of the molecule is CCCCc1oc2ccccc2c1C(=O)c1ccc(C(=O)Nc2ccccc2)cc1. The van der Waals surface area contributed by atoms with Crippen molar-refractivity contribution in [2.75, 3.05) is 5.32 Å². The van der Waals surface area contributed by atoms with E-state index in [2.05, 4.69) is 12.2 Å². The second kappa shape index (κ2) is 8.78. The summed E-state index contributed by atoms with van der Waals surface area (Å²) in [6, 6.07) is 23.7. The molecule has 0 radical (unpaired) electrons. The van der Waals surface area contributed by atoms with E-state index in [1.165, 1.54) is 0 Å². The van der Waals surface area contributed by atoms with Crippen LogP contribution in [0.2, 0.25) is 0 Å².